The van der Waals surface area contributed by atoms with Crippen molar-refractivity contribution in [1.29, 1.82) is 0 Å². The number of carbonyl (C=O) groups excluding carboxylic acids is 3. The van der Waals surface area contributed by atoms with Gasteiger partial charge in [-0.2, -0.15) is 0 Å². The minimum Gasteiger partial charge on any atom is -0.464 e. The van der Waals surface area contributed by atoms with E-state index in [2.05, 4.69) is 10.6 Å². The van der Waals surface area contributed by atoms with Crippen molar-refractivity contribution >= 4 is 17.8 Å². The molecule has 0 aliphatic heterocycles. The molecule has 6 heteroatoms. The molecule has 5 rings (SSSR count). The second-order valence-electron chi connectivity index (χ2n) is 10.1. The third-order valence-corrected chi connectivity index (χ3v) is 7.91. The van der Waals surface area contributed by atoms with Crippen LogP contribution in [0.3, 0.4) is 0 Å². The summed E-state index contributed by atoms with van der Waals surface area (Å²) in [6.45, 7) is 2.44. The predicted molar refractivity (Wildman–Crippen MR) is 109 cm³/mol. The van der Waals surface area contributed by atoms with Gasteiger partial charge in [-0.3, -0.25) is 9.59 Å². The Morgan fingerprint density at radius 1 is 0.931 bits per heavy atom. The van der Waals surface area contributed by atoms with Crippen molar-refractivity contribution < 1.29 is 19.1 Å². The molecular weight excluding hydrogens is 368 g/mol. The van der Waals surface area contributed by atoms with Gasteiger partial charge in [0, 0.05) is 18.4 Å². The summed E-state index contributed by atoms with van der Waals surface area (Å²) in [4.78, 5) is 38.1. The fourth-order valence-electron chi connectivity index (χ4n) is 7.00. The zero-order valence-electron chi connectivity index (χ0n) is 17.8. The molecule has 0 radical (unpaired) electrons. The average Bonchev–Trinajstić information content (AvgIpc) is 2.67. The van der Waals surface area contributed by atoms with Gasteiger partial charge >= 0.3 is 5.97 Å². The van der Waals surface area contributed by atoms with Crippen molar-refractivity contribution in [2.75, 3.05) is 13.2 Å². The normalized spacial score (nSPS) is 34.4. The Balaban J connectivity index is 1.28. The lowest BCUT2D eigenvalue weighted by molar-refractivity contribution is -0.155. The zero-order chi connectivity index (χ0) is 20.5. The molecule has 0 aromatic heterocycles. The largest absolute Gasteiger partial charge is 0.464 e. The molecule has 2 amide bonds. The zero-order valence-corrected chi connectivity index (χ0v) is 17.8. The Hall–Kier alpha value is -1.59. The lowest BCUT2D eigenvalue weighted by Crippen LogP contribution is -2.57. The molecule has 0 spiro atoms. The maximum Gasteiger partial charge on any atom is 0.331 e. The summed E-state index contributed by atoms with van der Waals surface area (Å²) < 4.78 is 5.24. The van der Waals surface area contributed by atoms with Crippen molar-refractivity contribution in [3.05, 3.63) is 0 Å². The number of amides is 2. The van der Waals surface area contributed by atoms with Crippen LogP contribution in [0.1, 0.15) is 84.0 Å². The Kier molecular flexibility index (Phi) is 5.90. The molecule has 0 aromatic rings. The number of carbonyl (C=O) groups is 3. The van der Waals surface area contributed by atoms with Crippen molar-refractivity contribution in [2.24, 2.45) is 23.2 Å². The summed E-state index contributed by atoms with van der Waals surface area (Å²) in [5, 5.41) is 6.02. The summed E-state index contributed by atoms with van der Waals surface area (Å²) in [5.41, 5.74) is -1.06. The first kappa shape index (κ1) is 20.7. The summed E-state index contributed by atoms with van der Waals surface area (Å²) in [7, 11) is 0. The SMILES string of the molecule is CCOC(=O)C1(NC(=O)CCNC(=O)C23CC4CC(CC(C4)C2)C3)CCCCC1. The van der Waals surface area contributed by atoms with E-state index >= 15 is 0 Å². The molecular formula is C23H36N2O4. The van der Waals surface area contributed by atoms with Crippen molar-refractivity contribution in [2.45, 2.75) is 89.5 Å². The number of hydrogen-bond donors (Lipinski definition) is 2. The number of esters is 1. The van der Waals surface area contributed by atoms with Gasteiger partial charge in [-0.1, -0.05) is 19.3 Å². The van der Waals surface area contributed by atoms with Crippen LogP contribution in [0.4, 0.5) is 0 Å². The van der Waals surface area contributed by atoms with Crippen LogP contribution in [0.25, 0.3) is 0 Å². The minimum absolute atomic E-state index is 0.155. The number of rotatable bonds is 7. The van der Waals surface area contributed by atoms with E-state index in [1.165, 1.54) is 19.3 Å². The van der Waals surface area contributed by atoms with Crippen molar-refractivity contribution in [3.8, 4) is 0 Å². The molecule has 6 nitrogen and oxygen atoms in total. The van der Waals surface area contributed by atoms with E-state index in [0.717, 1.165) is 56.3 Å². The first-order valence-electron chi connectivity index (χ1n) is 11.7. The molecule has 4 bridgehead atoms. The molecule has 5 saturated carbocycles. The van der Waals surface area contributed by atoms with Gasteiger partial charge in [-0.25, -0.2) is 4.79 Å². The highest BCUT2D eigenvalue weighted by Gasteiger charge is 2.54. The Morgan fingerprint density at radius 2 is 1.52 bits per heavy atom. The predicted octanol–water partition coefficient (Wildman–Crippen LogP) is 3.09. The highest BCUT2D eigenvalue weighted by molar-refractivity contribution is 5.89. The Morgan fingerprint density at radius 3 is 2.07 bits per heavy atom. The third kappa shape index (κ3) is 4.17. The molecule has 0 saturated heterocycles. The molecule has 5 aliphatic rings. The van der Waals surface area contributed by atoms with Gasteiger partial charge in [0.25, 0.3) is 0 Å². The smallest absolute Gasteiger partial charge is 0.331 e. The maximum atomic E-state index is 13.0. The van der Waals surface area contributed by atoms with E-state index in [1.807, 2.05) is 0 Å². The van der Waals surface area contributed by atoms with Crippen LogP contribution in [0.15, 0.2) is 0 Å². The molecule has 0 unspecified atom stereocenters. The average molecular weight is 405 g/mol. The minimum atomic E-state index is -0.880. The first-order valence-corrected chi connectivity index (χ1v) is 11.7. The Bertz CT molecular complexity index is 618. The monoisotopic (exact) mass is 404 g/mol. The van der Waals surface area contributed by atoms with Gasteiger partial charge in [0.2, 0.25) is 11.8 Å². The van der Waals surface area contributed by atoms with Gasteiger partial charge in [0.1, 0.15) is 5.54 Å². The summed E-state index contributed by atoms with van der Waals surface area (Å²) in [6, 6.07) is 0. The molecule has 29 heavy (non-hydrogen) atoms. The summed E-state index contributed by atoms with van der Waals surface area (Å²) >= 11 is 0. The fourth-order valence-corrected chi connectivity index (χ4v) is 7.00. The first-order chi connectivity index (χ1) is 13.9. The van der Waals surface area contributed by atoms with Crippen molar-refractivity contribution in [3.63, 3.8) is 0 Å². The van der Waals surface area contributed by atoms with Crippen LogP contribution in [0, 0.1) is 23.2 Å². The lowest BCUT2D eigenvalue weighted by Gasteiger charge is -2.55. The van der Waals surface area contributed by atoms with Crippen molar-refractivity contribution in [1.82, 2.24) is 10.6 Å². The van der Waals surface area contributed by atoms with E-state index < -0.39 is 5.54 Å². The highest BCUT2D eigenvalue weighted by Crippen LogP contribution is 2.60. The lowest BCUT2D eigenvalue weighted by atomic mass is 9.49. The fraction of sp³-hybridized carbons (Fsp3) is 0.870. The maximum absolute atomic E-state index is 13.0. The second-order valence-corrected chi connectivity index (χ2v) is 10.1. The Labute approximate surface area is 173 Å². The van der Waals surface area contributed by atoms with Crippen LogP contribution in [0.2, 0.25) is 0 Å². The molecule has 5 aliphatic carbocycles. The van der Waals surface area contributed by atoms with Gasteiger partial charge < -0.3 is 15.4 Å². The van der Waals surface area contributed by atoms with Gasteiger partial charge in [-0.15, -0.1) is 0 Å². The second kappa shape index (κ2) is 8.27. The van der Waals surface area contributed by atoms with E-state index in [1.54, 1.807) is 6.92 Å². The quantitative estimate of drug-likeness (QED) is 0.639. The van der Waals surface area contributed by atoms with Gasteiger partial charge in [-0.05, 0) is 76.0 Å². The molecule has 5 fully saturated rings. The van der Waals surface area contributed by atoms with E-state index in [-0.39, 0.29) is 29.6 Å². The third-order valence-electron chi connectivity index (χ3n) is 7.91. The van der Waals surface area contributed by atoms with Crippen LogP contribution in [-0.4, -0.2) is 36.5 Å². The summed E-state index contributed by atoms with van der Waals surface area (Å²) in [6.07, 6.45) is 11.4. The van der Waals surface area contributed by atoms with Gasteiger partial charge in [0.05, 0.1) is 6.61 Å². The molecule has 0 aromatic carbocycles. The molecule has 0 heterocycles. The summed E-state index contributed by atoms with van der Waals surface area (Å²) in [5.74, 6) is 1.85. The molecule has 0 atom stereocenters. The highest BCUT2D eigenvalue weighted by atomic mass is 16.5. The molecule has 2 N–H and O–H groups in total. The van der Waals surface area contributed by atoms with Crippen LogP contribution >= 0.6 is 0 Å². The number of hydrogen-bond acceptors (Lipinski definition) is 4. The topological polar surface area (TPSA) is 84.5 Å². The van der Waals surface area contributed by atoms with Gasteiger partial charge in [0.15, 0.2) is 0 Å². The van der Waals surface area contributed by atoms with Crippen LogP contribution in [0.5, 0.6) is 0 Å². The molecule has 162 valence electrons. The standard InChI is InChI=1S/C23H36N2O4/c1-2-29-21(28)23(7-4-3-5-8-23)25-19(26)6-9-24-20(27)22-13-16-10-17(14-22)12-18(11-16)15-22/h16-18H,2-15H2,1H3,(H,24,27)(H,25,26). The van der Waals surface area contributed by atoms with E-state index in [9.17, 15) is 14.4 Å². The van der Waals surface area contributed by atoms with E-state index in [0.29, 0.717) is 26.0 Å². The number of ether oxygens (including phenoxy) is 1. The van der Waals surface area contributed by atoms with Crippen LogP contribution < -0.4 is 10.6 Å². The number of nitrogens with one attached hydrogen (secondary N) is 2. The van der Waals surface area contributed by atoms with Crippen LogP contribution in [-0.2, 0) is 19.1 Å². The van der Waals surface area contributed by atoms with E-state index in [4.69, 9.17) is 4.74 Å².